The average molecular weight is 368 g/mol. The minimum atomic E-state index is 0.00131. The number of halogens is 1. The summed E-state index contributed by atoms with van der Waals surface area (Å²) < 4.78 is 6.21. The minimum Gasteiger partial charge on any atom is -0.449 e. The van der Waals surface area contributed by atoms with Crippen LogP contribution in [0.5, 0.6) is 0 Å². The van der Waals surface area contributed by atoms with E-state index >= 15 is 0 Å². The zero-order valence-corrected chi connectivity index (χ0v) is 12.5. The number of nitrogens with zero attached hydrogens (tertiary/aromatic N) is 1. The van der Waals surface area contributed by atoms with Crippen molar-refractivity contribution in [2.45, 2.75) is 13.3 Å². The lowest BCUT2D eigenvalue weighted by Crippen LogP contribution is -2.08. The summed E-state index contributed by atoms with van der Waals surface area (Å²) in [5.74, 6) is 0.717. The van der Waals surface area contributed by atoms with Gasteiger partial charge in [-0.05, 0) is 59.0 Å². The third kappa shape index (κ3) is 4.20. The Labute approximate surface area is 125 Å². The second-order valence-corrected chi connectivity index (χ2v) is 4.91. The molecule has 1 heterocycles. The van der Waals surface area contributed by atoms with Crippen LogP contribution in [0.4, 0.5) is 11.4 Å². The second-order valence-electron chi connectivity index (χ2n) is 3.85. The summed E-state index contributed by atoms with van der Waals surface area (Å²) in [7, 11) is 0. The fourth-order valence-corrected chi connectivity index (χ4v) is 1.85. The van der Waals surface area contributed by atoms with Crippen LogP contribution in [0.25, 0.3) is 0 Å². The molecule has 19 heavy (non-hydrogen) atoms. The van der Waals surface area contributed by atoms with Crippen LogP contribution in [0.1, 0.15) is 19.1 Å². The third-order valence-corrected chi connectivity index (χ3v) is 2.99. The van der Waals surface area contributed by atoms with E-state index in [0.29, 0.717) is 12.2 Å². The summed E-state index contributed by atoms with van der Waals surface area (Å²) in [6.45, 7) is 1.82. The van der Waals surface area contributed by atoms with Crippen molar-refractivity contribution in [1.29, 1.82) is 0 Å². The van der Waals surface area contributed by atoms with Gasteiger partial charge in [0.1, 0.15) is 5.76 Å². The summed E-state index contributed by atoms with van der Waals surface area (Å²) >= 11 is 2.11. The molecule has 98 valence electrons. The number of benzene rings is 1. The molecule has 0 aliphatic rings. The Morgan fingerprint density at radius 1 is 1.32 bits per heavy atom. The van der Waals surface area contributed by atoms with Crippen molar-refractivity contribution in [2.24, 2.45) is 4.99 Å². The first-order valence-corrected chi connectivity index (χ1v) is 6.94. The Hall–Kier alpha value is -1.63. The zero-order valence-electron chi connectivity index (χ0n) is 10.4. The van der Waals surface area contributed by atoms with E-state index in [1.807, 2.05) is 43.3 Å². The van der Waals surface area contributed by atoms with E-state index in [1.165, 1.54) is 0 Å². The number of anilines is 1. The van der Waals surface area contributed by atoms with Gasteiger partial charge in [-0.2, -0.15) is 0 Å². The minimum absolute atomic E-state index is 0.00131. The Morgan fingerprint density at radius 3 is 2.63 bits per heavy atom. The van der Waals surface area contributed by atoms with Crippen molar-refractivity contribution in [3.8, 4) is 0 Å². The van der Waals surface area contributed by atoms with Crippen LogP contribution in [-0.2, 0) is 4.79 Å². The van der Waals surface area contributed by atoms with Gasteiger partial charge in [-0.1, -0.05) is 6.92 Å². The van der Waals surface area contributed by atoms with Crippen molar-refractivity contribution in [3.05, 3.63) is 45.9 Å². The quantitative estimate of drug-likeness (QED) is 0.656. The van der Waals surface area contributed by atoms with Gasteiger partial charge in [-0.3, -0.25) is 9.79 Å². The van der Waals surface area contributed by atoms with E-state index < -0.39 is 0 Å². The molecule has 0 spiro atoms. The van der Waals surface area contributed by atoms with Crippen molar-refractivity contribution in [1.82, 2.24) is 0 Å². The van der Waals surface area contributed by atoms with E-state index in [-0.39, 0.29) is 5.91 Å². The number of rotatable bonds is 4. The molecule has 0 bridgehead atoms. The first-order chi connectivity index (χ1) is 9.17. The average Bonchev–Trinajstić information content (AvgIpc) is 2.83. The van der Waals surface area contributed by atoms with Gasteiger partial charge >= 0.3 is 0 Å². The van der Waals surface area contributed by atoms with Gasteiger partial charge in [0.05, 0.1) is 11.9 Å². The summed E-state index contributed by atoms with van der Waals surface area (Å²) in [5.41, 5.74) is 1.58. The number of nitrogens with one attached hydrogen (secondary N) is 1. The van der Waals surface area contributed by atoms with E-state index in [0.717, 1.165) is 15.1 Å². The van der Waals surface area contributed by atoms with Crippen molar-refractivity contribution >= 4 is 46.1 Å². The van der Waals surface area contributed by atoms with Crippen molar-refractivity contribution in [3.63, 3.8) is 0 Å². The second kappa shape index (κ2) is 6.51. The third-order valence-electron chi connectivity index (χ3n) is 2.41. The maximum atomic E-state index is 11.2. The molecule has 0 unspecified atom stereocenters. The molecule has 0 radical (unpaired) electrons. The Morgan fingerprint density at radius 2 is 2.05 bits per heavy atom. The van der Waals surface area contributed by atoms with Crippen molar-refractivity contribution < 1.29 is 9.21 Å². The SMILES string of the molecule is CCC(=O)Nc1ccc(N=Cc2ccc(I)o2)cc1. The number of furan rings is 1. The number of carbonyl (C=O) groups excluding carboxylic acids is 1. The highest BCUT2D eigenvalue weighted by atomic mass is 127. The topological polar surface area (TPSA) is 54.6 Å². The Kier molecular flexibility index (Phi) is 4.73. The van der Waals surface area contributed by atoms with Crippen molar-refractivity contribution in [2.75, 3.05) is 5.32 Å². The highest BCUT2D eigenvalue weighted by Gasteiger charge is 1.99. The molecule has 0 aliphatic carbocycles. The lowest BCUT2D eigenvalue weighted by molar-refractivity contribution is -0.115. The molecule has 1 aromatic heterocycles. The van der Waals surface area contributed by atoms with Gasteiger partial charge < -0.3 is 9.73 Å². The van der Waals surface area contributed by atoms with Gasteiger partial charge in [-0.25, -0.2) is 0 Å². The summed E-state index contributed by atoms with van der Waals surface area (Å²) in [6, 6.07) is 11.1. The van der Waals surface area contributed by atoms with Gasteiger partial charge in [0.2, 0.25) is 5.91 Å². The Balaban J connectivity index is 2.02. The normalized spacial score (nSPS) is 10.8. The standard InChI is InChI=1S/C14H13IN2O2/c1-2-14(18)17-11-5-3-10(4-6-11)16-9-12-7-8-13(15)19-12/h3-9H,2H2,1H3,(H,17,18). The maximum absolute atomic E-state index is 11.2. The molecule has 0 aliphatic heterocycles. The lowest BCUT2D eigenvalue weighted by atomic mass is 10.2. The molecule has 2 aromatic rings. The molecule has 4 nitrogen and oxygen atoms in total. The predicted octanol–water partition coefficient (Wildman–Crippen LogP) is 3.98. The smallest absolute Gasteiger partial charge is 0.224 e. The van der Waals surface area contributed by atoms with Crippen LogP contribution in [-0.4, -0.2) is 12.1 Å². The molecule has 1 N–H and O–H groups in total. The number of aliphatic imine (C=N–C) groups is 1. The molecular weight excluding hydrogens is 355 g/mol. The first kappa shape index (κ1) is 13.8. The van der Waals surface area contributed by atoms with Gasteiger partial charge in [0.15, 0.2) is 3.77 Å². The molecule has 0 fully saturated rings. The van der Waals surface area contributed by atoms with Crippen LogP contribution < -0.4 is 5.32 Å². The summed E-state index contributed by atoms with van der Waals surface area (Å²) in [6.07, 6.45) is 2.14. The number of hydrogen-bond donors (Lipinski definition) is 1. The number of hydrogen-bond acceptors (Lipinski definition) is 3. The number of carbonyl (C=O) groups is 1. The monoisotopic (exact) mass is 368 g/mol. The molecule has 0 atom stereocenters. The van der Waals surface area contributed by atoms with E-state index in [9.17, 15) is 4.79 Å². The largest absolute Gasteiger partial charge is 0.449 e. The van der Waals surface area contributed by atoms with Crippen LogP contribution in [0.3, 0.4) is 0 Å². The Bertz CT molecular complexity index is 588. The van der Waals surface area contributed by atoms with Gasteiger partial charge in [0.25, 0.3) is 0 Å². The highest BCUT2D eigenvalue weighted by molar-refractivity contribution is 14.1. The fourth-order valence-electron chi connectivity index (χ4n) is 1.42. The van der Waals surface area contributed by atoms with E-state index in [2.05, 4.69) is 32.9 Å². The molecular formula is C14H13IN2O2. The van der Waals surface area contributed by atoms with Crippen LogP contribution in [0, 0.1) is 3.77 Å². The molecule has 1 aromatic carbocycles. The molecule has 0 saturated heterocycles. The van der Waals surface area contributed by atoms with E-state index in [4.69, 9.17) is 4.42 Å². The summed E-state index contributed by atoms with van der Waals surface area (Å²) in [4.78, 5) is 15.5. The number of amides is 1. The predicted molar refractivity (Wildman–Crippen MR) is 84.0 cm³/mol. The molecule has 5 heteroatoms. The van der Waals surface area contributed by atoms with Gasteiger partial charge in [-0.15, -0.1) is 0 Å². The zero-order chi connectivity index (χ0) is 13.7. The van der Waals surface area contributed by atoms with Crippen LogP contribution in [0.2, 0.25) is 0 Å². The van der Waals surface area contributed by atoms with Crippen LogP contribution >= 0.6 is 22.6 Å². The maximum Gasteiger partial charge on any atom is 0.224 e. The van der Waals surface area contributed by atoms with Gasteiger partial charge in [0, 0.05) is 12.1 Å². The molecule has 2 rings (SSSR count). The highest BCUT2D eigenvalue weighted by Crippen LogP contribution is 2.17. The molecule has 0 saturated carbocycles. The summed E-state index contributed by atoms with van der Waals surface area (Å²) in [5, 5.41) is 2.79. The van der Waals surface area contributed by atoms with E-state index in [1.54, 1.807) is 6.21 Å². The fraction of sp³-hybridized carbons (Fsp3) is 0.143. The molecule has 1 amide bonds. The lowest BCUT2D eigenvalue weighted by Gasteiger charge is -2.02. The van der Waals surface area contributed by atoms with Crippen LogP contribution in [0.15, 0.2) is 45.8 Å². The first-order valence-electron chi connectivity index (χ1n) is 5.86.